The molecule has 2 aromatic rings. The predicted octanol–water partition coefficient (Wildman–Crippen LogP) is 6.31. The van der Waals surface area contributed by atoms with E-state index in [1.165, 1.54) is 0 Å². The van der Waals surface area contributed by atoms with Gasteiger partial charge in [-0.2, -0.15) is 0 Å². The molecular weight excluding hydrogens is 593 g/mol. The Morgan fingerprint density at radius 3 is 1.42 bits per heavy atom. The molecule has 0 saturated heterocycles. The molecule has 0 bridgehead atoms. The summed E-state index contributed by atoms with van der Waals surface area (Å²) in [5, 5.41) is 44.3. The third-order valence-electron chi connectivity index (χ3n) is 4.74. The molecule has 3 rings (SSSR count). The van der Waals surface area contributed by atoms with E-state index in [2.05, 4.69) is 15.0 Å². The van der Waals surface area contributed by atoms with Crippen molar-refractivity contribution in [1.29, 1.82) is 0 Å². The van der Waals surface area contributed by atoms with Gasteiger partial charge >= 0.3 is 33.3 Å². The molecule has 0 N–H and O–H groups in total. The van der Waals surface area contributed by atoms with Gasteiger partial charge < -0.3 is 0 Å². The van der Waals surface area contributed by atoms with Gasteiger partial charge in [0.2, 0.25) is 0 Å². The van der Waals surface area contributed by atoms with Crippen molar-refractivity contribution in [1.82, 2.24) is 0 Å². The van der Waals surface area contributed by atoms with Crippen molar-refractivity contribution in [2.75, 3.05) is 0 Å². The SMILES string of the molecule is CC(=Nc1cc([N+](=O)[O-])cc([N+](=O)[O-])c1)C1=CCC(C(C)=Nc2cc([N+](=O)[O-])cc([N+](=O)[O-])c2)=N1.[Cl][Fe][Cl]. The third-order valence-corrected chi connectivity index (χ3v) is 4.74. The average Bonchev–Trinajstić information content (AvgIpc) is 3.35. The molecular formula is C20H15Cl2FeN7O8. The Kier molecular flexibility index (Phi) is 10.6. The number of aliphatic imine (C=N–C) groups is 3. The first-order valence-electron chi connectivity index (χ1n) is 9.98. The Balaban J connectivity index is 0.00000161. The van der Waals surface area contributed by atoms with Gasteiger partial charge in [0.1, 0.15) is 0 Å². The van der Waals surface area contributed by atoms with E-state index in [9.17, 15) is 40.5 Å². The molecule has 0 radical (unpaired) electrons. The summed E-state index contributed by atoms with van der Waals surface area (Å²) in [6, 6.07) is 6.05. The van der Waals surface area contributed by atoms with Crippen molar-refractivity contribution in [3.8, 4) is 0 Å². The topological polar surface area (TPSA) is 210 Å². The van der Waals surface area contributed by atoms with Crippen molar-refractivity contribution in [3.63, 3.8) is 0 Å². The zero-order valence-electron chi connectivity index (χ0n) is 19.3. The van der Waals surface area contributed by atoms with Gasteiger partial charge in [-0.3, -0.25) is 50.4 Å². The van der Waals surface area contributed by atoms with Crippen molar-refractivity contribution >= 4 is 71.5 Å². The normalized spacial score (nSPS) is 13.3. The molecule has 2 aromatic carbocycles. The third kappa shape index (κ3) is 8.21. The van der Waals surface area contributed by atoms with E-state index in [0.717, 1.165) is 36.4 Å². The van der Waals surface area contributed by atoms with Crippen LogP contribution in [0, 0.1) is 40.5 Å². The van der Waals surface area contributed by atoms with Crippen LogP contribution in [0.15, 0.2) is 63.1 Å². The zero-order chi connectivity index (χ0) is 28.6. The molecule has 15 nitrogen and oxygen atoms in total. The van der Waals surface area contributed by atoms with Crippen LogP contribution >= 0.6 is 20.2 Å². The van der Waals surface area contributed by atoms with Gasteiger partial charge in [0, 0.05) is 30.7 Å². The van der Waals surface area contributed by atoms with Gasteiger partial charge in [-0.1, -0.05) is 6.08 Å². The molecule has 1 aliphatic heterocycles. The van der Waals surface area contributed by atoms with Crippen LogP contribution in [0.4, 0.5) is 34.1 Å². The summed E-state index contributed by atoms with van der Waals surface area (Å²) in [6.45, 7) is 3.15. The Labute approximate surface area is 227 Å². The number of nitro groups is 4. The summed E-state index contributed by atoms with van der Waals surface area (Å²) < 4.78 is 0. The van der Waals surface area contributed by atoms with E-state index in [1.807, 2.05) is 0 Å². The molecule has 1 heterocycles. The van der Waals surface area contributed by atoms with Crippen LogP contribution in [-0.2, 0) is 13.1 Å². The molecule has 0 unspecified atom stereocenters. The molecule has 0 aliphatic carbocycles. The maximum atomic E-state index is 11.1. The number of nitro benzene ring substituents is 4. The Hall–Kier alpha value is -4.11. The summed E-state index contributed by atoms with van der Waals surface area (Å²) in [5.74, 6) is 0. The maximum absolute atomic E-state index is 11.1. The Bertz CT molecular complexity index is 1380. The molecule has 0 amide bonds. The quantitative estimate of drug-likeness (QED) is 0.143. The second kappa shape index (κ2) is 13.4. The first-order valence-corrected chi connectivity index (χ1v) is 13.0. The van der Waals surface area contributed by atoms with Gasteiger partial charge in [-0.25, -0.2) is 4.99 Å². The first kappa shape index (κ1) is 30.1. The van der Waals surface area contributed by atoms with Crippen molar-refractivity contribution in [2.45, 2.75) is 20.3 Å². The first-order chi connectivity index (χ1) is 17.9. The van der Waals surface area contributed by atoms with Crippen LogP contribution in [0.2, 0.25) is 0 Å². The van der Waals surface area contributed by atoms with E-state index < -0.39 is 42.4 Å². The summed E-state index contributed by atoms with van der Waals surface area (Å²) in [4.78, 5) is 54.1. The minimum atomic E-state index is -0.759. The van der Waals surface area contributed by atoms with Crippen LogP contribution in [0.5, 0.6) is 0 Å². The fourth-order valence-electron chi connectivity index (χ4n) is 3.11. The molecule has 200 valence electrons. The number of benzene rings is 2. The molecule has 38 heavy (non-hydrogen) atoms. The van der Waals surface area contributed by atoms with Crippen molar-refractivity contribution < 1.29 is 32.8 Å². The van der Waals surface area contributed by atoms with Crippen molar-refractivity contribution in [2.24, 2.45) is 15.0 Å². The fraction of sp³-hybridized carbons (Fsp3) is 0.150. The molecule has 18 heteroatoms. The molecule has 0 fully saturated rings. The number of rotatable bonds is 8. The molecule has 0 saturated carbocycles. The summed E-state index contributed by atoms with van der Waals surface area (Å²) in [5.41, 5.74) is -0.371. The summed E-state index contributed by atoms with van der Waals surface area (Å²) in [7, 11) is 9.53. The van der Waals surface area contributed by atoms with Gasteiger partial charge in [0.05, 0.1) is 66.0 Å². The summed E-state index contributed by atoms with van der Waals surface area (Å²) in [6.07, 6.45) is 2.00. The standard InChI is InChI=1S/C20H15N7O8.2ClH.Fe/c1-11(21-13-5-15(24(28)29)9-16(6-13)25(30)31)19-3-4-20(23-19)12(2)22-14-7-17(26(32)33)10-18(8-14)27(34)35;;;/h3,5-10H,4H2,1-2H3;2*1H;/q;;;+2/p-2. The zero-order valence-corrected chi connectivity index (χ0v) is 21.9. The number of hydrogen-bond donors (Lipinski definition) is 0. The minimum absolute atomic E-state index is 0.00208. The van der Waals surface area contributed by atoms with Gasteiger partial charge in [0.15, 0.2) is 0 Å². The Morgan fingerprint density at radius 2 is 1.08 bits per heavy atom. The molecule has 0 atom stereocenters. The summed E-state index contributed by atoms with van der Waals surface area (Å²) >= 11 is 0.194. The number of hydrogen-bond acceptors (Lipinski definition) is 11. The van der Waals surface area contributed by atoms with Crippen molar-refractivity contribution in [3.05, 3.63) is 88.6 Å². The van der Waals surface area contributed by atoms with Crippen LogP contribution in [-0.4, -0.2) is 36.8 Å². The van der Waals surface area contributed by atoms with Crippen LogP contribution < -0.4 is 0 Å². The average molecular weight is 608 g/mol. The van der Waals surface area contributed by atoms with E-state index in [-0.39, 0.29) is 24.5 Å². The second-order valence-corrected chi connectivity index (χ2v) is 9.06. The predicted molar refractivity (Wildman–Crippen MR) is 137 cm³/mol. The number of allylic oxidation sites excluding steroid dienone is 2. The fourth-order valence-corrected chi connectivity index (χ4v) is 3.11. The van der Waals surface area contributed by atoms with E-state index >= 15 is 0 Å². The van der Waals surface area contributed by atoms with E-state index in [1.54, 1.807) is 19.9 Å². The molecule has 0 aromatic heterocycles. The monoisotopic (exact) mass is 607 g/mol. The van der Waals surface area contributed by atoms with Crippen LogP contribution in [0.1, 0.15) is 20.3 Å². The molecule has 0 spiro atoms. The molecule has 1 aliphatic rings. The van der Waals surface area contributed by atoms with Gasteiger partial charge in [-0.05, 0) is 13.8 Å². The van der Waals surface area contributed by atoms with Crippen LogP contribution in [0.25, 0.3) is 0 Å². The van der Waals surface area contributed by atoms with Crippen LogP contribution in [0.3, 0.4) is 0 Å². The van der Waals surface area contributed by atoms with E-state index in [4.69, 9.17) is 20.2 Å². The van der Waals surface area contributed by atoms with Gasteiger partial charge in [0.25, 0.3) is 22.7 Å². The number of halogens is 2. The number of nitrogens with zero attached hydrogens (tertiary/aromatic N) is 7. The Morgan fingerprint density at radius 1 is 0.737 bits per heavy atom. The van der Waals surface area contributed by atoms with Gasteiger partial charge in [-0.15, -0.1) is 0 Å². The number of non-ortho nitro benzene ring substituents is 4. The second-order valence-electron chi connectivity index (χ2n) is 7.24. The van der Waals surface area contributed by atoms with E-state index in [0.29, 0.717) is 29.3 Å².